The molecule has 0 aliphatic rings. The topological polar surface area (TPSA) is 79.1 Å². The maximum atomic E-state index is 11.1. The standard InChI is InChI=1S/C14H19NO4/c1-2-19-14(17)10-6-4-8-12(15-18)11-7-3-5-9-13(11)16/h3,5,7,9,16,18H,2,4,6,8,10H2,1H3/b15-12-. The van der Waals surface area contributed by atoms with Crippen molar-refractivity contribution in [2.24, 2.45) is 5.16 Å². The summed E-state index contributed by atoms with van der Waals surface area (Å²) in [6, 6.07) is 6.70. The largest absolute Gasteiger partial charge is 0.507 e. The molecule has 0 saturated heterocycles. The van der Waals surface area contributed by atoms with E-state index >= 15 is 0 Å². The van der Waals surface area contributed by atoms with Gasteiger partial charge in [0, 0.05) is 12.0 Å². The number of nitrogens with zero attached hydrogens (tertiary/aromatic N) is 1. The number of hydrogen-bond donors (Lipinski definition) is 2. The Hall–Kier alpha value is -2.04. The number of para-hydroxylation sites is 1. The summed E-state index contributed by atoms with van der Waals surface area (Å²) >= 11 is 0. The van der Waals surface area contributed by atoms with Gasteiger partial charge in [-0.05, 0) is 38.3 Å². The van der Waals surface area contributed by atoms with Crippen molar-refractivity contribution in [2.75, 3.05) is 6.61 Å². The average Bonchev–Trinajstić information content (AvgIpc) is 2.40. The molecule has 1 rings (SSSR count). The number of unbranched alkanes of at least 4 members (excludes halogenated alkanes) is 1. The Morgan fingerprint density at radius 3 is 2.58 bits per heavy atom. The molecule has 5 heteroatoms. The molecule has 104 valence electrons. The number of hydrogen-bond acceptors (Lipinski definition) is 5. The van der Waals surface area contributed by atoms with Crippen LogP contribution in [0.15, 0.2) is 29.4 Å². The summed E-state index contributed by atoms with van der Waals surface area (Å²) < 4.78 is 4.82. The number of oxime groups is 1. The minimum absolute atomic E-state index is 0.0840. The Labute approximate surface area is 112 Å². The van der Waals surface area contributed by atoms with Crippen molar-refractivity contribution in [3.63, 3.8) is 0 Å². The van der Waals surface area contributed by atoms with E-state index in [9.17, 15) is 9.90 Å². The Balaban J connectivity index is 2.43. The van der Waals surface area contributed by atoms with Gasteiger partial charge in [0.25, 0.3) is 0 Å². The first-order chi connectivity index (χ1) is 9.19. The molecular formula is C14H19NO4. The van der Waals surface area contributed by atoms with Crippen molar-refractivity contribution in [2.45, 2.75) is 32.6 Å². The van der Waals surface area contributed by atoms with Gasteiger partial charge in [-0.3, -0.25) is 4.79 Å². The lowest BCUT2D eigenvalue weighted by atomic mass is 10.0. The van der Waals surface area contributed by atoms with E-state index in [-0.39, 0.29) is 11.7 Å². The Bertz CT molecular complexity index is 443. The average molecular weight is 265 g/mol. The van der Waals surface area contributed by atoms with E-state index in [2.05, 4.69) is 5.16 Å². The number of phenolic OH excluding ortho intramolecular Hbond substituents is 1. The van der Waals surface area contributed by atoms with Gasteiger partial charge in [-0.2, -0.15) is 0 Å². The van der Waals surface area contributed by atoms with Crippen molar-refractivity contribution in [3.8, 4) is 5.75 Å². The third-order valence-corrected chi connectivity index (χ3v) is 2.69. The van der Waals surface area contributed by atoms with Crippen LogP contribution in [-0.2, 0) is 9.53 Å². The first-order valence-corrected chi connectivity index (χ1v) is 6.34. The predicted octanol–water partition coefficient (Wildman–Crippen LogP) is 2.69. The van der Waals surface area contributed by atoms with Crippen LogP contribution in [0.2, 0.25) is 0 Å². The van der Waals surface area contributed by atoms with E-state index in [1.54, 1.807) is 31.2 Å². The second kappa shape index (κ2) is 8.13. The Kier molecular flexibility index (Phi) is 6.43. The summed E-state index contributed by atoms with van der Waals surface area (Å²) in [7, 11) is 0. The van der Waals surface area contributed by atoms with Crippen molar-refractivity contribution in [1.82, 2.24) is 0 Å². The van der Waals surface area contributed by atoms with Crippen LogP contribution in [0.1, 0.15) is 38.2 Å². The van der Waals surface area contributed by atoms with Gasteiger partial charge < -0.3 is 15.1 Å². The fourth-order valence-electron chi connectivity index (χ4n) is 1.75. The van der Waals surface area contributed by atoms with E-state index in [0.29, 0.717) is 43.6 Å². The molecule has 0 radical (unpaired) electrons. The maximum Gasteiger partial charge on any atom is 0.305 e. The van der Waals surface area contributed by atoms with Gasteiger partial charge in [-0.1, -0.05) is 17.3 Å². The van der Waals surface area contributed by atoms with Gasteiger partial charge in [0.15, 0.2) is 0 Å². The molecule has 0 heterocycles. The second-order valence-electron chi connectivity index (χ2n) is 4.08. The van der Waals surface area contributed by atoms with Crippen LogP contribution >= 0.6 is 0 Å². The van der Waals surface area contributed by atoms with Gasteiger partial charge in [-0.15, -0.1) is 0 Å². The van der Waals surface area contributed by atoms with E-state index < -0.39 is 0 Å². The molecule has 19 heavy (non-hydrogen) atoms. The summed E-state index contributed by atoms with van der Waals surface area (Å²) in [5.41, 5.74) is 0.933. The van der Waals surface area contributed by atoms with Gasteiger partial charge in [0.1, 0.15) is 5.75 Å². The highest BCUT2D eigenvalue weighted by Gasteiger charge is 2.09. The van der Waals surface area contributed by atoms with Gasteiger partial charge >= 0.3 is 5.97 Å². The van der Waals surface area contributed by atoms with E-state index in [1.165, 1.54) is 0 Å². The Morgan fingerprint density at radius 1 is 1.26 bits per heavy atom. The SMILES string of the molecule is CCOC(=O)CCCC/C(=N/O)c1ccccc1O. The number of aromatic hydroxyl groups is 1. The predicted molar refractivity (Wildman–Crippen MR) is 71.5 cm³/mol. The Morgan fingerprint density at radius 2 is 1.95 bits per heavy atom. The molecular weight excluding hydrogens is 246 g/mol. The van der Waals surface area contributed by atoms with Crippen LogP contribution in [0.3, 0.4) is 0 Å². The molecule has 0 saturated carbocycles. The van der Waals surface area contributed by atoms with Crippen LogP contribution in [0.25, 0.3) is 0 Å². The molecule has 0 bridgehead atoms. The van der Waals surface area contributed by atoms with Crippen LogP contribution in [0.5, 0.6) is 5.75 Å². The first kappa shape index (κ1) is 15.0. The fraction of sp³-hybridized carbons (Fsp3) is 0.429. The number of phenols is 1. The molecule has 0 spiro atoms. The number of rotatable bonds is 7. The van der Waals surface area contributed by atoms with Gasteiger partial charge in [0.2, 0.25) is 0 Å². The molecule has 0 aromatic heterocycles. The molecule has 1 aromatic carbocycles. The van der Waals surface area contributed by atoms with Gasteiger partial charge in [-0.25, -0.2) is 0 Å². The summed E-state index contributed by atoms with van der Waals surface area (Å²) in [5.74, 6) is -0.131. The van der Waals surface area contributed by atoms with Crippen molar-refractivity contribution in [3.05, 3.63) is 29.8 Å². The van der Waals surface area contributed by atoms with Crippen LogP contribution in [0.4, 0.5) is 0 Å². The minimum Gasteiger partial charge on any atom is -0.507 e. The van der Waals surface area contributed by atoms with Crippen molar-refractivity contribution in [1.29, 1.82) is 0 Å². The maximum absolute atomic E-state index is 11.1. The van der Waals surface area contributed by atoms with E-state index in [4.69, 9.17) is 9.94 Å². The minimum atomic E-state index is -0.215. The van der Waals surface area contributed by atoms with Crippen LogP contribution in [0, 0.1) is 0 Å². The molecule has 0 amide bonds. The zero-order chi connectivity index (χ0) is 14.1. The molecule has 0 aliphatic carbocycles. The number of ether oxygens (including phenoxy) is 1. The quantitative estimate of drug-likeness (QED) is 0.261. The zero-order valence-corrected chi connectivity index (χ0v) is 11.0. The molecule has 0 fully saturated rings. The second-order valence-corrected chi connectivity index (χ2v) is 4.08. The molecule has 5 nitrogen and oxygen atoms in total. The fourth-order valence-corrected chi connectivity index (χ4v) is 1.75. The first-order valence-electron chi connectivity index (χ1n) is 6.34. The number of esters is 1. The summed E-state index contributed by atoms with van der Waals surface area (Å²) in [4.78, 5) is 11.1. The smallest absolute Gasteiger partial charge is 0.305 e. The highest BCUT2D eigenvalue weighted by Crippen LogP contribution is 2.19. The van der Waals surface area contributed by atoms with Crippen LogP contribution in [-0.4, -0.2) is 28.6 Å². The summed E-state index contributed by atoms with van der Waals surface area (Å²) in [6.07, 6.45) is 2.19. The molecule has 2 N–H and O–H groups in total. The molecule has 0 aliphatic heterocycles. The van der Waals surface area contributed by atoms with Crippen LogP contribution < -0.4 is 0 Å². The monoisotopic (exact) mass is 265 g/mol. The van der Waals surface area contributed by atoms with E-state index in [1.807, 2.05) is 0 Å². The normalized spacial score (nSPS) is 11.3. The molecule has 0 atom stereocenters. The number of carbonyl (C=O) groups excluding carboxylic acids is 1. The van der Waals surface area contributed by atoms with E-state index in [0.717, 1.165) is 0 Å². The van der Waals surface area contributed by atoms with Crippen molar-refractivity contribution < 1.29 is 19.8 Å². The molecule has 0 unspecified atom stereocenters. The van der Waals surface area contributed by atoms with Gasteiger partial charge in [0.05, 0.1) is 12.3 Å². The lowest BCUT2D eigenvalue weighted by Crippen LogP contribution is -2.05. The lowest BCUT2D eigenvalue weighted by Gasteiger charge is -2.06. The number of carbonyl (C=O) groups is 1. The summed E-state index contributed by atoms with van der Waals surface area (Å²) in [6.45, 7) is 2.16. The highest BCUT2D eigenvalue weighted by atomic mass is 16.5. The number of benzene rings is 1. The van der Waals surface area contributed by atoms with Crippen molar-refractivity contribution >= 4 is 11.7 Å². The highest BCUT2D eigenvalue weighted by molar-refractivity contribution is 6.02. The summed E-state index contributed by atoms with van der Waals surface area (Å²) in [5, 5.41) is 21.9. The lowest BCUT2D eigenvalue weighted by molar-refractivity contribution is -0.143. The molecule has 1 aromatic rings. The third kappa shape index (κ3) is 4.99. The zero-order valence-electron chi connectivity index (χ0n) is 11.0. The third-order valence-electron chi connectivity index (χ3n) is 2.69.